The molecule has 4 nitrogen and oxygen atoms in total. The molecule has 1 unspecified atom stereocenters. The van der Waals surface area contributed by atoms with Crippen LogP contribution in [0.3, 0.4) is 0 Å². The molecule has 24 heavy (non-hydrogen) atoms. The average molecular weight is 322 g/mol. The smallest absolute Gasteiger partial charge is 0.332 e. The Bertz CT molecular complexity index is 765. The van der Waals surface area contributed by atoms with Crippen molar-refractivity contribution in [2.75, 3.05) is 6.61 Å². The molecule has 0 N–H and O–H groups in total. The van der Waals surface area contributed by atoms with E-state index in [0.29, 0.717) is 5.57 Å². The molecule has 0 bridgehead atoms. The van der Waals surface area contributed by atoms with Gasteiger partial charge in [-0.1, -0.05) is 60.7 Å². The van der Waals surface area contributed by atoms with Gasteiger partial charge in [-0.3, -0.25) is 4.79 Å². The van der Waals surface area contributed by atoms with Crippen LogP contribution in [0.2, 0.25) is 0 Å². The Morgan fingerprint density at radius 3 is 2.29 bits per heavy atom. The summed E-state index contributed by atoms with van der Waals surface area (Å²) in [5, 5.41) is 0. The van der Waals surface area contributed by atoms with Crippen LogP contribution in [0, 0.1) is 0 Å². The van der Waals surface area contributed by atoms with Crippen LogP contribution in [0.4, 0.5) is 0 Å². The quantitative estimate of drug-likeness (QED) is 0.791. The Hall–Kier alpha value is -2.88. The number of ether oxygens (including phenoxy) is 2. The normalized spacial score (nSPS) is 19.5. The lowest BCUT2D eigenvalue weighted by atomic mass is 9.80. The van der Waals surface area contributed by atoms with Gasteiger partial charge in [-0.05, 0) is 12.5 Å². The van der Waals surface area contributed by atoms with Crippen LogP contribution < -0.4 is 0 Å². The van der Waals surface area contributed by atoms with Crippen molar-refractivity contribution in [2.45, 2.75) is 18.9 Å². The maximum atomic E-state index is 12.2. The Morgan fingerprint density at radius 2 is 1.67 bits per heavy atom. The highest BCUT2D eigenvalue weighted by Gasteiger charge is 2.47. The van der Waals surface area contributed by atoms with Gasteiger partial charge in [0.1, 0.15) is 0 Å². The van der Waals surface area contributed by atoms with Gasteiger partial charge in [0.05, 0.1) is 13.0 Å². The van der Waals surface area contributed by atoms with Crippen LogP contribution in [0.15, 0.2) is 66.7 Å². The number of cyclic esters (lactones) is 1. The highest BCUT2D eigenvalue weighted by molar-refractivity contribution is 6.00. The zero-order valence-electron chi connectivity index (χ0n) is 13.4. The van der Waals surface area contributed by atoms with E-state index in [9.17, 15) is 9.59 Å². The van der Waals surface area contributed by atoms with Gasteiger partial charge in [-0.25, -0.2) is 4.79 Å². The van der Waals surface area contributed by atoms with Crippen molar-refractivity contribution in [2.24, 2.45) is 0 Å². The van der Waals surface area contributed by atoms with Crippen LogP contribution >= 0.6 is 0 Å². The first-order valence-electron chi connectivity index (χ1n) is 7.87. The summed E-state index contributed by atoms with van der Waals surface area (Å²) in [4.78, 5) is 24.3. The van der Waals surface area contributed by atoms with Crippen LogP contribution in [0.25, 0.3) is 5.57 Å². The fourth-order valence-electron chi connectivity index (χ4n) is 3.00. The summed E-state index contributed by atoms with van der Waals surface area (Å²) >= 11 is 0. The Kier molecular flexibility index (Phi) is 4.47. The highest BCUT2D eigenvalue weighted by Crippen LogP contribution is 2.46. The van der Waals surface area contributed by atoms with Gasteiger partial charge in [0.2, 0.25) is 0 Å². The minimum atomic E-state index is -1.16. The molecule has 0 spiro atoms. The first-order valence-corrected chi connectivity index (χ1v) is 7.87. The average Bonchev–Trinajstić information content (AvgIpc) is 2.94. The van der Waals surface area contributed by atoms with E-state index in [1.807, 2.05) is 60.7 Å². The molecule has 1 atom stereocenters. The van der Waals surface area contributed by atoms with Crippen LogP contribution in [0.5, 0.6) is 0 Å². The molecule has 0 fully saturated rings. The lowest BCUT2D eigenvalue weighted by Crippen LogP contribution is -2.32. The number of carbonyl (C=O) groups is 2. The molecule has 0 saturated heterocycles. The summed E-state index contributed by atoms with van der Waals surface area (Å²) in [6.07, 6.45) is 1.40. The second-order valence-electron chi connectivity index (χ2n) is 5.52. The van der Waals surface area contributed by atoms with Gasteiger partial charge in [0.25, 0.3) is 0 Å². The van der Waals surface area contributed by atoms with Crippen molar-refractivity contribution < 1.29 is 19.1 Å². The molecule has 0 aliphatic carbocycles. The summed E-state index contributed by atoms with van der Waals surface area (Å²) in [5.74, 6) is -0.861. The summed E-state index contributed by atoms with van der Waals surface area (Å²) < 4.78 is 10.8. The van der Waals surface area contributed by atoms with Gasteiger partial charge >= 0.3 is 11.9 Å². The lowest BCUT2D eigenvalue weighted by Gasteiger charge is -2.31. The zero-order chi connectivity index (χ0) is 17.0. The Morgan fingerprint density at radius 1 is 1.04 bits per heavy atom. The van der Waals surface area contributed by atoms with Crippen molar-refractivity contribution in [1.29, 1.82) is 0 Å². The topological polar surface area (TPSA) is 52.6 Å². The van der Waals surface area contributed by atoms with Crippen molar-refractivity contribution >= 4 is 17.5 Å². The number of hydrogen-bond donors (Lipinski definition) is 0. The number of hydrogen-bond acceptors (Lipinski definition) is 4. The molecule has 0 saturated carbocycles. The van der Waals surface area contributed by atoms with E-state index in [4.69, 9.17) is 9.47 Å². The third-order valence-electron chi connectivity index (χ3n) is 4.00. The Labute approximate surface area is 140 Å². The van der Waals surface area contributed by atoms with Crippen molar-refractivity contribution in [3.8, 4) is 0 Å². The molecule has 2 aromatic carbocycles. The van der Waals surface area contributed by atoms with Crippen molar-refractivity contribution in [3.63, 3.8) is 0 Å². The van der Waals surface area contributed by atoms with Gasteiger partial charge in [-0.15, -0.1) is 0 Å². The second kappa shape index (κ2) is 6.71. The monoisotopic (exact) mass is 322 g/mol. The number of esters is 2. The predicted molar refractivity (Wildman–Crippen MR) is 89.9 cm³/mol. The first kappa shape index (κ1) is 16.0. The van der Waals surface area contributed by atoms with Gasteiger partial charge in [0.15, 0.2) is 5.60 Å². The van der Waals surface area contributed by atoms with Gasteiger partial charge in [0, 0.05) is 17.2 Å². The van der Waals surface area contributed by atoms with E-state index < -0.39 is 17.5 Å². The largest absolute Gasteiger partial charge is 0.466 e. The van der Waals surface area contributed by atoms with Crippen LogP contribution in [-0.4, -0.2) is 18.5 Å². The molecule has 122 valence electrons. The van der Waals surface area contributed by atoms with E-state index in [2.05, 4.69) is 0 Å². The third kappa shape index (κ3) is 2.95. The minimum Gasteiger partial charge on any atom is -0.466 e. The molecule has 0 aromatic heterocycles. The second-order valence-corrected chi connectivity index (χ2v) is 5.52. The van der Waals surface area contributed by atoms with E-state index >= 15 is 0 Å². The van der Waals surface area contributed by atoms with Crippen molar-refractivity contribution in [1.82, 2.24) is 0 Å². The number of carbonyl (C=O) groups excluding carboxylic acids is 2. The van der Waals surface area contributed by atoms with Crippen LogP contribution in [-0.2, 0) is 24.7 Å². The minimum absolute atomic E-state index is 0.0582. The maximum absolute atomic E-state index is 12.2. The standard InChI is InChI=1S/C20H18O4/c1-2-23-19(22)14-20(16-11-7-4-8-12-16)17(13-18(21)24-20)15-9-5-3-6-10-15/h3-13H,2,14H2,1H3. The SMILES string of the molecule is CCOC(=O)CC1(c2ccccc2)OC(=O)C=C1c1ccccc1. The van der Waals surface area contributed by atoms with Crippen LogP contribution in [0.1, 0.15) is 24.5 Å². The molecule has 1 aliphatic rings. The molecule has 3 rings (SSSR count). The predicted octanol–water partition coefficient (Wildman–Crippen LogP) is 3.48. The fraction of sp³-hybridized carbons (Fsp3) is 0.200. The van der Waals surface area contributed by atoms with Gasteiger partial charge < -0.3 is 9.47 Å². The van der Waals surface area contributed by atoms with E-state index in [1.54, 1.807) is 6.92 Å². The summed E-state index contributed by atoms with van der Waals surface area (Å²) in [7, 11) is 0. The summed E-state index contributed by atoms with van der Waals surface area (Å²) in [6.45, 7) is 2.03. The molecule has 1 aliphatic heterocycles. The molecule has 1 heterocycles. The number of benzene rings is 2. The molecule has 4 heteroatoms. The Balaban J connectivity index is 2.12. The fourth-order valence-corrected chi connectivity index (χ4v) is 3.00. The summed E-state index contributed by atoms with van der Waals surface area (Å²) in [5.41, 5.74) is 1.11. The van der Waals surface area contributed by atoms with E-state index in [-0.39, 0.29) is 13.0 Å². The van der Waals surface area contributed by atoms with E-state index in [1.165, 1.54) is 6.08 Å². The number of rotatable bonds is 5. The lowest BCUT2D eigenvalue weighted by molar-refractivity contribution is -0.155. The molecular formula is C20H18O4. The summed E-state index contributed by atoms with van der Waals surface area (Å²) in [6, 6.07) is 18.8. The molecule has 2 aromatic rings. The third-order valence-corrected chi connectivity index (χ3v) is 4.00. The molecule has 0 radical (unpaired) electrons. The van der Waals surface area contributed by atoms with Gasteiger partial charge in [-0.2, -0.15) is 0 Å². The first-order chi connectivity index (χ1) is 11.7. The van der Waals surface area contributed by atoms with E-state index in [0.717, 1.165) is 11.1 Å². The highest BCUT2D eigenvalue weighted by atomic mass is 16.6. The molecular weight excluding hydrogens is 304 g/mol. The molecule has 0 amide bonds. The zero-order valence-corrected chi connectivity index (χ0v) is 13.4. The van der Waals surface area contributed by atoms with Crippen molar-refractivity contribution in [3.05, 3.63) is 77.9 Å². The maximum Gasteiger partial charge on any atom is 0.332 e.